The second-order valence-corrected chi connectivity index (χ2v) is 10.3. The third kappa shape index (κ3) is 6.98. The van der Waals surface area contributed by atoms with Gasteiger partial charge in [0.05, 0.1) is 13.5 Å². The Kier molecular flexibility index (Phi) is 8.95. The van der Waals surface area contributed by atoms with Crippen molar-refractivity contribution in [3.05, 3.63) is 76.5 Å². The van der Waals surface area contributed by atoms with Gasteiger partial charge in [0, 0.05) is 29.2 Å². The van der Waals surface area contributed by atoms with Gasteiger partial charge in [0.2, 0.25) is 17.7 Å². The SMILES string of the molecule is COc1ccc(C(C(=O)NC2CCCCC2)N(C(=O)Cc2cccs2)c2ccc(NC(C)=O)cc2)cc1. The molecule has 0 saturated heterocycles. The van der Waals surface area contributed by atoms with Crippen molar-refractivity contribution in [1.29, 1.82) is 0 Å². The quantitative estimate of drug-likeness (QED) is 0.392. The number of nitrogens with zero attached hydrogens (tertiary/aromatic N) is 1. The number of ether oxygens (including phenoxy) is 1. The predicted molar refractivity (Wildman–Crippen MR) is 147 cm³/mol. The maximum atomic E-state index is 13.9. The molecule has 3 amide bonds. The number of methoxy groups -OCH3 is 1. The Labute approximate surface area is 221 Å². The highest BCUT2D eigenvalue weighted by molar-refractivity contribution is 7.10. The highest BCUT2D eigenvalue weighted by Crippen LogP contribution is 2.32. The Morgan fingerprint density at radius 2 is 1.70 bits per heavy atom. The van der Waals surface area contributed by atoms with E-state index < -0.39 is 6.04 Å². The Bertz CT molecular complexity index is 1190. The zero-order valence-corrected chi connectivity index (χ0v) is 22.1. The summed E-state index contributed by atoms with van der Waals surface area (Å²) in [5, 5.41) is 7.92. The summed E-state index contributed by atoms with van der Waals surface area (Å²) < 4.78 is 5.32. The molecular formula is C29H33N3O4S. The van der Waals surface area contributed by atoms with Gasteiger partial charge in [-0.05, 0) is 66.2 Å². The Morgan fingerprint density at radius 3 is 2.30 bits per heavy atom. The van der Waals surface area contributed by atoms with Gasteiger partial charge in [-0.2, -0.15) is 0 Å². The molecule has 4 rings (SSSR count). The molecule has 8 heteroatoms. The van der Waals surface area contributed by atoms with Crippen LogP contribution in [0.1, 0.15) is 55.5 Å². The maximum absolute atomic E-state index is 13.9. The van der Waals surface area contributed by atoms with Gasteiger partial charge in [0.25, 0.3) is 0 Å². The van der Waals surface area contributed by atoms with E-state index >= 15 is 0 Å². The zero-order valence-electron chi connectivity index (χ0n) is 21.2. The van der Waals surface area contributed by atoms with Gasteiger partial charge >= 0.3 is 0 Å². The first-order valence-electron chi connectivity index (χ1n) is 12.6. The summed E-state index contributed by atoms with van der Waals surface area (Å²) in [5.41, 5.74) is 1.89. The molecule has 1 unspecified atom stereocenters. The molecule has 2 N–H and O–H groups in total. The van der Waals surface area contributed by atoms with Crippen LogP contribution in [0.3, 0.4) is 0 Å². The molecule has 3 aromatic rings. The van der Waals surface area contributed by atoms with Crippen molar-refractivity contribution < 1.29 is 19.1 Å². The van der Waals surface area contributed by atoms with Crippen LogP contribution in [0.25, 0.3) is 0 Å². The monoisotopic (exact) mass is 519 g/mol. The second kappa shape index (κ2) is 12.5. The smallest absolute Gasteiger partial charge is 0.248 e. The van der Waals surface area contributed by atoms with Crippen LogP contribution in [0.5, 0.6) is 5.75 Å². The maximum Gasteiger partial charge on any atom is 0.248 e. The summed E-state index contributed by atoms with van der Waals surface area (Å²) in [6.45, 7) is 1.44. The molecule has 1 atom stereocenters. The van der Waals surface area contributed by atoms with Crippen molar-refractivity contribution in [1.82, 2.24) is 5.32 Å². The van der Waals surface area contributed by atoms with Gasteiger partial charge in [-0.15, -0.1) is 11.3 Å². The van der Waals surface area contributed by atoms with Crippen LogP contribution >= 0.6 is 11.3 Å². The van der Waals surface area contributed by atoms with Crippen molar-refractivity contribution in [2.75, 3.05) is 17.3 Å². The normalized spacial score (nSPS) is 14.4. The van der Waals surface area contributed by atoms with E-state index in [1.807, 2.05) is 29.6 Å². The molecule has 0 spiro atoms. The fourth-order valence-corrected chi connectivity index (χ4v) is 5.42. The second-order valence-electron chi connectivity index (χ2n) is 9.27. The summed E-state index contributed by atoms with van der Waals surface area (Å²) in [6, 6.07) is 17.4. The molecule has 1 saturated carbocycles. The number of carbonyl (C=O) groups is 3. The number of thiophene rings is 1. The van der Waals surface area contributed by atoms with E-state index in [1.54, 1.807) is 48.4 Å². The van der Waals surface area contributed by atoms with Gasteiger partial charge in [-0.3, -0.25) is 19.3 Å². The Balaban J connectivity index is 1.74. The molecule has 1 aliphatic carbocycles. The molecule has 1 aliphatic rings. The summed E-state index contributed by atoms with van der Waals surface area (Å²) >= 11 is 1.51. The Morgan fingerprint density at radius 1 is 1.00 bits per heavy atom. The number of benzene rings is 2. The van der Waals surface area contributed by atoms with Crippen LogP contribution in [0, 0.1) is 0 Å². The molecule has 7 nitrogen and oxygen atoms in total. The third-order valence-corrected chi connectivity index (χ3v) is 7.41. The minimum Gasteiger partial charge on any atom is -0.497 e. The van der Waals surface area contributed by atoms with Crippen molar-refractivity contribution in [2.24, 2.45) is 0 Å². The molecular weight excluding hydrogens is 486 g/mol. The van der Waals surface area contributed by atoms with Crippen molar-refractivity contribution in [2.45, 2.75) is 57.5 Å². The first kappa shape index (κ1) is 26.4. The fraction of sp³-hybridized carbons (Fsp3) is 0.345. The van der Waals surface area contributed by atoms with Crippen LogP contribution in [-0.2, 0) is 20.8 Å². The number of amides is 3. The van der Waals surface area contributed by atoms with Crippen LogP contribution in [0.4, 0.5) is 11.4 Å². The lowest BCUT2D eigenvalue weighted by Gasteiger charge is -2.33. The van der Waals surface area contributed by atoms with Crippen LogP contribution in [0.15, 0.2) is 66.0 Å². The zero-order chi connectivity index (χ0) is 26.2. The average molecular weight is 520 g/mol. The molecule has 37 heavy (non-hydrogen) atoms. The van der Waals surface area contributed by atoms with E-state index in [9.17, 15) is 14.4 Å². The van der Waals surface area contributed by atoms with Gasteiger partial charge < -0.3 is 15.4 Å². The topological polar surface area (TPSA) is 87.7 Å². The standard InChI is InChI=1S/C29H33N3O4S/c1-20(33)30-23-12-14-24(15-13-23)32(27(34)19-26-9-6-18-37-26)28(21-10-16-25(36-2)17-11-21)29(35)31-22-7-4-3-5-8-22/h6,9-18,22,28H,3-5,7-8,19H2,1-2H3,(H,30,33)(H,31,35). The molecule has 194 valence electrons. The summed E-state index contributed by atoms with van der Waals surface area (Å²) in [4.78, 5) is 41.8. The number of hydrogen-bond donors (Lipinski definition) is 2. The molecule has 0 bridgehead atoms. The van der Waals surface area contributed by atoms with Gasteiger partial charge in [-0.25, -0.2) is 0 Å². The molecule has 1 fully saturated rings. The number of hydrogen-bond acceptors (Lipinski definition) is 5. The van der Waals surface area contributed by atoms with Crippen LogP contribution in [-0.4, -0.2) is 30.9 Å². The van der Waals surface area contributed by atoms with E-state index in [1.165, 1.54) is 24.7 Å². The van der Waals surface area contributed by atoms with E-state index in [4.69, 9.17) is 4.74 Å². The molecule has 1 heterocycles. The minimum absolute atomic E-state index is 0.0957. The van der Waals surface area contributed by atoms with Crippen molar-refractivity contribution in [3.63, 3.8) is 0 Å². The molecule has 0 radical (unpaired) electrons. The highest BCUT2D eigenvalue weighted by atomic mass is 32.1. The first-order chi connectivity index (χ1) is 17.9. The lowest BCUT2D eigenvalue weighted by atomic mass is 9.94. The van der Waals surface area contributed by atoms with E-state index in [0.29, 0.717) is 22.7 Å². The van der Waals surface area contributed by atoms with Crippen molar-refractivity contribution >= 4 is 40.4 Å². The fourth-order valence-electron chi connectivity index (χ4n) is 4.72. The van der Waals surface area contributed by atoms with E-state index in [0.717, 1.165) is 30.6 Å². The number of rotatable bonds is 9. The van der Waals surface area contributed by atoms with Crippen molar-refractivity contribution in [3.8, 4) is 5.75 Å². The minimum atomic E-state index is -0.869. The highest BCUT2D eigenvalue weighted by Gasteiger charge is 2.34. The molecule has 2 aromatic carbocycles. The van der Waals surface area contributed by atoms with Gasteiger partial charge in [0.1, 0.15) is 11.8 Å². The number of anilines is 2. The first-order valence-corrected chi connectivity index (χ1v) is 13.5. The van der Waals surface area contributed by atoms with E-state index in [-0.39, 0.29) is 30.2 Å². The number of carbonyl (C=O) groups excluding carboxylic acids is 3. The van der Waals surface area contributed by atoms with Crippen LogP contribution in [0.2, 0.25) is 0 Å². The predicted octanol–water partition coefficient (Wildman–Crippen LogP) is 5.48. The van der Waals surface area contributed by atoms with Gasteiger partial charge in [-0.1, -0.05) is 37.5 Å². The van der Waals surface area contributed by atoms with Crippen LogP contribution < -0.4 is 20.3 Å². The third-order valence-electron chi connectivity index (χ3n) is 6.53. The van der Waals surface area contributed by atoms with Gasteiger partial charge in [0.15, 0.2) is 0 Å². The molecule has 1 aromatic heterocycles. The van der Waals surface area contributed by atoms with E-state index in [2.05, 4.69) is 10.6 Å². The Hall–Kier alpha value is -3.65. The summed E-state index contributed by atoms with van der Waals surface area (Å²) in [5.74, 6) is 0.101. The largest absolute Gasteiger partial charge is 0.497 e. The summed E-state index contributed by atoms with van der Waals surface area (Å²) in [7, 11) is 1.59. The molecule has 0 aliphatic heterocycles. The number of nitrogens with one attached hydrogen (secondary N) is 2. The average Bonchev–Trinajstić information content (AvgIpc) is 3.41. The lowest BCUT2D eigenvalue weighted by Crippen LogP contribution is -2.47. The lowest BCUT2D eigenvalue weighted by molar-refractivity contribution is -0.127. The summed E-state index contributed by atoms with van der Waals surface area (Å²) in [6.07, 6.45) is 5.41.